The van der Waals surface area contributed by atoms with E-state index in [1.807, 2.05) is 18.2 Å². The SMILES string of the molecule is COc1cccc(-c2ccc(CN3CCc4nc(-c5ccc(C(F)(F)F)cc5)[nH]c(=O)c4C3)s2)c1. The molecule has 0 saturated carbocycles. The third-order valence-corrected chi connectivity index (χ3v) is 7.15. The lowest BCUT2D eigenvalue weighted by atomic mass is 10.1. The summed E-state index contributed by atoms with van der Waals surface area (Å²) < 4.78 is 43.8. The van der Waals surface area contributed by atoms with Gasteiger partial charge in [0.05, 0.1) is 23.9 Å². The van der Waals surface area contributed by atoms with Crippen molar-refractivity contribution in [2.24, 2.45) is 0 Å². The highest BCUT2D eigenvalue weighted by Crippen LogP contribution is 2.32. The first kappa shape index (κ1) is 23.3. The molecule has 0 bridgehead atoms. The summed E-state index contributed by atoms with van der Waals surface area (Å²) in [7, 11) is 1.65. The number of halogens is 3. The number of hydrogen-bond acceptors (Lipinski definition) is 5. The zero-order chi connectivity index (χ0) is 24.6. The van der Waals surface area contributed by atoms with Gasteiger partial charge in [-0.2, -0.15) is 13.2 Å². The molecule has 0 unspecified atom stereocenters. The number of rotatable bonds is 5. The average Bonchev–Trinajstić information content (AvgIpc) is 3.32. The van der Waals surface area contributed by atoms with Crippen molar-refractivity contribution in [2.75, 3.05) is 13.7 Å². The second-order valence-electron chi connectivity index (χ2n) is 8.37. The fourth-order valence-corrected chi connectivity index (χ4v) is 5.23. The standard InChI is InChI=1S/C26H22F3N3O2S/c1-34-19-4-2-3-17(13-19)23-10-9-20(35-23)14-32-12-11-22-21(15-32)25(33)31-24(30-22)16-5-7-18(8-6-16)26(27,28)29/h2-10,13H,11-12,14-15H2,1H3,(H,30,31,33). The van der Waals surface area contributed by atoms with E-state index >= 15 is 0 Å². The number of aromatic amines is 1. The summed E-state index contributed by atoms with van der Waals surface area (Å²) in [6.07, 6.45) is -3.81. The normalized spacial score (nSPS) is 14.1. The Kier molecular flexibility index (Phi) is 6.21. The van der Waals surface area contributed by atoms with E-state index in [1.165, 1.54) is 17.0 Å². The molecule has 4 aromatic rings. The number of thiophene rings is 1. The minimum Gasteiger partial charge on any atom is -0.497 e. The number of H-pyrrole nitrogens is 1. The predicted molar refractivity (Wildman–Crippen MR) is 129 cm³/mol. The van der Waals surface area contributed by atoms with Gasteiger partial charge in [-0.25, -0.2) is 4.98 Å². The molecule has 3 heterocycles. The molecule has 1 aliphatic rings. The van der Waals surface area contributed by atoms with Crippen LogP contribution in [0.1, 0.15) is 21.7 Å². The van der Waals surface area contributed by atoms with E-state index in [1.54, 1.807) is 18.4 Å². The Morgan fingerprint density at radius 1 is 1.09 bits per heavy atom. The summed E-state index contributed by atoms with van der Waals surface area (Å²) in [4.78, 5) is 24.7. The van der Waals surface area contributed by atoms with Gasteiger partial charge in [-0.15, -0.1) is 11.3 Å². The van der Waals surface area contributed by atoms with Crippen LogP contribution in [0.2, 0.25) is 0 Å². The number of benzene rings is 2. The van der Waals surface area contributed by atoms with Crippen molar-refractivity contribution in [2.45, 2.75) is 25.7 Å². The van der Waals surface area contributed by atoms with Crippen molar-refractivity contribution in [1.29, 1.82) is 0 Å². The van der Waals surface area contributed by atoms with Gasteiger partial charge in [0.2, 0.25) is 0 Å². The van der Waals surface area contributed by atoms with Gasteiger partial charge in [-0.3, -0.25) is 9.69 Å². The van der Waals surface area contributed by atoms with Crippen molar-refractivity contribution < 1.29 is 17.9 Å². The molecule has 0 atom stereocenters. The number of ether oxygens (including phenoxy) is 1. The van der Waals surface area contributed by atoms with E-state index in [-0.39, 0.29) is 11.4 Å². The van der Waals surface area contributed by atoms with E-state index < -0.39 is 11.7 Å². The number of nitrogens with one attached hydrogen (secondary N) is 1. The Morgan fingerprint density at radius 2 is 1.89 bits per heavy atom. The average molecular weight is 498 g/mol. The topological polar surface area (TPSA) is 58.2 Å². The Balaban J connectivity index is 1.31. The van der Waals surface area contributed by atoms with Gasteiger partial charge in [0.1, 0.15) is 11.6 Å². The van der Waals surface area contributed by atoms with E-state index in [0.717, 1.165) is 34.9 Å². The van der Waals surface area contributed by atoms with Crippen molar-refractivity contribution in [3.8, 4) is 27.6 Å². The summed E-state index contributed by atoms with van der Waals surface area (Å²) in [6, 6.07) is 16.8. The highest BCUT2D eigenvalue weighted by molar-refractivity contribution is 7.15. The number of fused-ring (bicyclic) bond motifs is 1. The number of aromatic nitrogens is 2. The summed E-state index contributed by atoms with van der Waals surface area (Å²) in [5.74, 6) is 1.10. The van der Waals surface area contributed by atoms with E-state index in [4.69, 9.17) is 4.74 Å². The monoisotopic (exact) mass is 497 g/mol. The second kappa shape index (κ2) is 9.31. The molecule has 0 spiro atoms. The maximum atomic E-state index is 12.8. The lowest BCUT2D eigenvalue weighted by Crippen LogP contribution is -2.35. The zero-order valence-corrected chi connectivity index (χ0v) is 19.7. The summed E-state index contributed by atoms with van der Waals surface area (Å²) in [5.41, 5.74) is 1.86. The van der Waals surface area contributed by atoms with E-state index in [2.05, 4.69) is 33.1 Å². The maximum absolute atomic E-state index is 12.8. The van der Waals surface area contributed by atoms with Gasteiger partial charge in [-0.05, 0) is 42.0 Å². The van der Waals surface area contributed by atoms with Gasteiger partial charge in [-0.1, -0.05) is 24.3 Å². The van der Waals surface area contributed by atoms with Gasteiger partial charge < -0.3 is 9.72 Å². The van der Waals surface area contributed by atoms with Crippen LogP contribution in [0.3, 0.4) is 0 Å². The van der Waals surface area contributed by atoms with Crippen LogP contribution in [0, 0.1) is 0 Å². The molecule has 5 nitrogen and oxygen atoms in total. The van der Waals surface area contributed by atoms with E-state index in [9.17, 15) is 18.0 Å². The summed E-state index contributed by atoms with van der Waals surface area (Å²) >= 11 is 1.71. The molecule has 0 fully saturated rings. The second-order valence-corrected chi connectivity index (χ2v) is 9.54. The molecule has 0 radical (unpaired) electrons. The Bertz CT molecular complexity index is 1410. The number of hydrogen-bond donors (Lipinski definition) is 1. The lowest BCUT2D eigenvalue weighted by Gasteiger charge is -2.27. The molecule has 180 valence electrons. The highest BCUT2D eigenvalue weighted by Gasteiger charge is 2.30. The molecule has 1 aliphatic heterocycles. The molecule has 9 heteroatoms. The van der Waals surface area contributed by atoms with Crippen LogP contribution < -0.4 is 10.3 Å². The first-order chi connectivity index (χ1) is 16.8. The number of alkyl halides is 3. The molecular formula is C26H22F3N3O2S. The zero-order valence-electron chi connectivity index (χ0n) is 18.9. The Labute approximate surface area is 203 Å². The minimum atomic E-state index is -4.41. The van der Waals surface area contributed by atoms with Crippen LogP contribution in [-0.2, 0) is 25.7 Å². The third-order valence-electron chi connectivity index (χ3n) is 6.03. The van der Waals surface area contributed by atoms with Crippen LogP contribution in [0.5, 0.6) is 5.75 Å². The molecule has 2 aromatic heterocycles. The lowest BCUT2D eigenvalue weighted by molar-refractivity contribution is -0.137. The number of methoxy groups -OCH3 is 1. The molecule has 5 rings (SSSR count). The van der Waals surface area contributed by atoms with E-state index in [0.29, 0.717) is 36.3 Å². The maximum Gasteiger partial charge on any atom is 0.416 e. The van der Waals surface area contributed by atoms with Crippen LogP contribution in [0.25, 0.3) is 21.8 Å². The van der Waals surface area contributed by atoms with Crippen molar-refractivity contribution in [1.82, 2.24) is 14.9 Å². The van der Waals surface area contributed by atoms with Crippen LogP contribution in [-0.4, -0.2) is 28.5 Å². The molecule has 35 heavy (non-hydrogen) atoms. The molecule has 0 aliphatic carbocycles. The highest BCUT2D eigenvalue weighted by atomic mass is 32.1. The predicted octanol–water partition coefficient (Wildman–Crippen LogP) is 5.75. The third kappa shape index (κ3) is 5.01. The van der Waals surface area contributed by atoms with Crippen molar-refractivity contribution in [3.63, 3.8) is 0 Å². The van der Waals surface area contributed by atoms with Crippen molar-refractivity contribution in [3.05, 3.63) is 92.7 Å². The Morgan fingerprint density at radius 3 is 2.63 bits per heavy atom. The summed E-state index contributed by atoms with van der Waals surface area (Å²) in [5, 5.41) is 0. The largest absolute Gasteiger partial charge is 0.497 e. The van der Waals surface area contributed by atoms with Gasteiger partial charge >= 0.3 is 6.18 Å². The Hall–Kier alpha value is -3.43. The van der Waals surface area contributed by atoms with Gasteiger partial charge in [0.15, 0.2) is 0 Å². The first-order valence-corrected chi connectivity index (χ1v) is 11.9. The van der Waals surface area contributed by atoms with Crippen LogP contribution in [0.4, 0.5) is 13.2 Å². The smallest absolute Gasteiger partial charge is 0.416 e. The van der Waals surface area contributed by atoms with Gasteiger partial charge in [0, 0.05) is 41.4 Å². The molecule has 2 aromatic carbocycles. The fourth-order valence-electron chi connectivity index (χ4n) is 4.18. The molecule has 0 amide bonds. The quantitative estimate of drug-likeness (QED) is 0.381. The fraction of sp³-hybridized carbons (Fsp3) is 0.231. The molecule has 1 N–H and O–H groups in total. The van der Waals surface area contributed by atoms with Gasteiger partial charge in [0.25, 0.3) is 5.56 Å². The number of nitrogens with zero attached hydrogens (tertiary/aromatic N) is 2. The minimum absolute atomic E-state index is 0.252. The molecule has 0 saturated heterocycles. The van der Waals surface area contributed by atoms with Crippen molar-refractivity contribution >= 4 is 11.3 Å². The summed E-state index contributed by atoms with van der Waals surface area (Å²) in [6.45, 7) is 1.92. The first-order valence-electron chi connectivity index (χ1n) is 11.1. The molecular weight excluding hydrogens is 475 g/mol. The van der Waals surface area contributed by atoms with Crippen LogP contribution in [0.15, 0.2) is 65.5 Å². The van der Waals surface area contributed by atoms with Crippen LogP contribution >= 0.6 is 11.3 Å².